The molecule has 1 amide bonds. The van der Waals surface area contributed by atoms with Crippen LogP contribution < -0.4 is 9.64 Å². The van der Waals surface area contributed by atoms with Crippen molar-refractivity contribution in [1.82, 2.24) is 14.9 Å². The Morgan fingerprint density at radius 2 is 1.97 bits per heavy atom. The number of carbonyl (C=O) groups is 1. The number of thioether (sulfide) groups is 1. The smallest absolute Gasteiger partial charge is 0.259 e. The molecule has 0 N–H and O–H groups in total. The standard InChI is InChI=1S/C24H22F2N4O2S/c1-29(2)22(31)11-32-21-5-3-4-20-15(21)8-9-30(20)24-16-12-33-13-19(16)27-23(28-24)14-6-7-17(25)18(26)10-14/h3-7,10H,8-9,11-13H2,1-2H3. The molecule has 0 unspecified atom stereocenters. The third-order valence-corrected chi connectivity index (χ3v) is 6.79. The highest BCUT2D eigenvalue weighted by Gasteiger charge is 2.30. The SMILES string of the molecule is CN(C)C(=O)COc1cccc2c1CCN2c1nc(-c2ccc(F)c(F)c2)nc2c1CSC2. The van der Waals surface area contributed by atoms with Gasteiger partial charge in [-0.25, -0.2) is 18.7 Å². The number of fused-ring (bicyclic) bond motifs is 2. The van der Waals surface area contributed by atoms with Gasteiger partial charge in [0.1, 0.15) is 11.6 Å². The molecule has 2 aliphatic heterocycles. The lowest BCUT2D eigenvalue weighted by Gasteiger charge is -2.22. The van der Waals surface area contributed by atoms with Gasteiger partial charge in [0.25, 0.3) is 5.91 Å². The van der Waals surface area contributed by atoms with Crippen molar-refractivity contribution in [2.75, 3.05) is 32.1 Å². The van der Waals surface area contributed by atoms with Gasteiger partial charge in [0.15, 0.2) is 24.1 Å². The number of anilines is 2. The Kier molecular flexibility index (Phi) is 5.65. The van der Waals surface area contributed by atoms with Crippen LogP contribution in [0.3, 0.4) is 0 Å². The third kappa shape index (κ3) is 4.01. The Hall–Kier alpha value is -3.20. The number of benzene rings is 2. The molecule has 0 atom stereocenters. The summed E-state index contributed by atoms with van der Waals surface area (Å²) in [5, 5.41) is 0. The number of carbonyl (C=O) groups excluding carboxylic acids is 1. The molecule has 2 aromatic carbocycles. The Balaban J connectivity index is 1.53. The van der Waals surface area contributed by atoms with Crippen LogP contribution in [0, 0.1) is 11.6 Å². The summed E-state index contributed by atoms with van der Waals surface area (Å²) in [5.74, 6) is 1.46. The molecule has 0 fully saturated rings. The molecule has 0 radical (unpaired) electrons. The van der Waals surface area contributed by atoms with E-state index in [-0.39, 0.29) is 12.5 Å². The zero-order valence-corrected chi connectivity index (χ0v) is 19.1. The van der Waals surface area contributed by atoms with Crippen molar-refractivity contribution in [3.63, 3.8) is 0 Å². The van der Waals surface area contributed by atoms with E-state index in [2.05, 4.69) is 9.88 Å². The Morgan fingerprint density at radius 3 is 2.76 bits per heavy atom. The molecule has 0 bridgehead atoms. The van der Waals surface area contributed by atoms with Crippen molar-refractivity contribution < 1.29 is 18.3 Å². The maximum Gasteiger partial charge on any atom is 0.259 e. The summed E-state index contributed by atoms with van der Waals surface area (Å²) in [7, 11) is 3.39. The number of rotatable bonds is 5. The predicted molar refractivity (Wildman–Crippen MR) is 124 cm³/mol. The second-order valence-corrected chi connectivity index (χ2v) is 9.14. The molecule has 0 spiro atoms. The molecule has 0 saturated carbocycles. The quantitative estimate of drug-likeness (QED) is 0.556. The van der Waals surface area contributed by atoms with Crippen molar-refractivity contribution in [2.24, 2.45) is 0 Å². The van der Waals surface area contributed by atoms with E-state index in [9.17, 15) is 13.6 Å². The van der Waals surface area contributed by atoms with E-state index in [0.717, 1.165) is 58.4 Å². The number of hydrogen-bond acceptors (Lipinski definition) is 6. The zero-order valence-electron chi connectivity index (χ0n) is 18.3. The molecule has 9 heteroatoms. The van der Waals surface area contributed by atoms with Gasteiger partial charge in [-0.2, -0.15) is 11.8 Å². The van der Waals surface area contributed by atoms with Crippen LogP contribution in [0.5, 0.6) is 5.75 Å². The normalized spacial score (nSPS) is 14.2. The fraction of sp³-hybridized carbons (Fsp3) is 0.292. The van der Waals surface area contributed by atoms with Crippen molar-refractivity contribution >= 4 is 29.2 Å². The van der Waals surface area contributed by atoms with Gasteiger partial charge in [-0.15, -0.1) is 0 Å². The van der Waals surface area contributed by atoms with Crippen molar-refractivity contribution in [3.8, 4) is 17.1 Å². The van der Waals surface area contributed by atoms with E-state index in [1.807, 2.05) is 18.2 Å². The minimum atomic E-state index is -0.923. The van der Waals surface area contributed by atoms with E-state index in [1.165, 1.54) is 11.0 Å². The minimum absolute atomic E-state index is 0.0245. The van der Waals surface area contributed by atoms with Crippen LogP contribution in [0.4, 0.5) is 20.3 Å². The van der Waals surface area contributed by atoms with Crippen molar-refractivity contribution in [2.45, 2.75) is 17.9 Å². The summed E-state index contributed by atoms with van der Waals surface area (Å²) in [5.41, 5.74) is 4.42. The molecule has 3 aromatic rings. The van der Waals surface area contributed by atoms with Gasteiger partial charge < -0.3 is 14.5 Å². The van der Waals surface area contributed by atoms with Crippen LogP contribution in [0.2, 0.25) is 0 Å². The van der Waals surface area contributed by atoms with Crippen molar-refractivity contribution in [3.05, 3.63) is 64.9 Å². The molecule has 5 rings (SSSR count). The molecular weight excluding hydrogens is 446 g/mol. The fourth-order valence-corrected chi connectivity index (χ4v) is 5.08. The van der Waals surface area contributed by atoms with Crippen LogP contribution >= 0.6 is 11.8 Å². The number of halogens is 2. The van der Waals surface area contributed by atoms with Gasteiger partial charge in [-0.1, -0.05) is 6.07 Å². The Labute approximate surface area is 194 Å². The van der Waals surface area contributed by atoms with Gasteiger partial charge in [0, 0.05) is 54.5 Å². The fourth-order valence-electron chi connectivity index (χ4n) is 4.05. The number of ether oxygens (including phenoxy) is 1. The first-order chi connectivity index (χ1) is 15.9. The average Bonchev–Trinajstić information content (AvgIpc) is 3.45. The lowest BCUT2D eigenvalue weighted by atomic mass is 10.1. The number of aromatic nitrogens is 2. The van der Waals surface area contributed by atoms with Crippen LogP contribution in [-0.4, -0.2) is 48.0 Å². The van der Waals surface area contributed by atoms with Gasteiger partial charge in [-0.3, -0.25) is 4.79 Å². The van der Waals surface area contributed by atoms with Gasteiger partial charge in [0.2, 0.25) is 0 Å². The Bertz CT molecular complexity index is 1250. The maximum absolute atomic E-state index is 13.9. The van der Waals surface area contributed by atoms with E-state index < -0.39 is 11.6 Å². The second kappa shape index (κ2) is 8.62. The average molecular weight is 469 g/mol. The molecule has 6 nitrogen and oxygen atoms in total. The second-order valence-electron chi connectivity index (χ2n) is 8.15. The van der Waals surface area contributed by atoms with Crippen LogP contribution in [0.1, 0.15) is 16.8 Å². The first-order valence-electron chi connectivity index (χ1n) is 10.6. The molecule has 0 aliphatic carbocycles. The summed E-state index contributed by atoms with van der Waals surface area (Å²) < 4.78 is 33.2. The molecule has 3 heterocycles. The minimum Gasteiger partial charge on any atom is -0.483 e. The van der Waals surface area contributed by atoms with Gasteiger partial charge >= 0.3 is 0 Å². The zero-order chi connectivity index (χ0) is 23.1. The van der Waals surface area contributed by atoms with E-state index >= 15 is 0 Å². The third-order valence-electron chi connectivity index (χ3n) is 5.82. The van der Waals surface area contributed by atoms with E-state index in [4.69, 9.17) is 9.72 Å². The lowest BCUT2D eigenvalue weighted by Crippen LogP contribution is -2.27. The van der Waals surface area contributed by atoms with E-state index in [1.54, 1.807) is 25.9 Å². The van der Waals surface area contributed by atoms with Gasteiger partial charge in [0.05, 0.1) is 5.69 Å². The van der Waals surface area contributed by atoms with Crippen LogP contribution in [-0.2, 0) is 22.7 Å². The first-order valence-corrected chi connectivity index (χ1v) is 11.7. The van der Waals surface area contributed by atoms with Crippen LogP contribution in [0.15, 0.2) is 36.4 Å². The lowest BCUT2D eigenvalue weighted by molar-refractivity contribution is -0.130. The number of hydrogen-bond donors (Lipinski definition) is 0. The number of nitrogens with zero attached hydrogens (tertiary/aromatic N) is 4. The maximum atomic E-state index is 13.9. The Morgan fingerprint density at radius 1 is 1.12 bits per heavy atom. The number of amides is 1. The highest BCUT2D eigenvalue weighted by Crippen LogP contribution is 2.43. The molecule has 0 saturated heterocycles. The largest absolute Gasteiger partial charge is 0.483 e. The van der Waals surface area contributed by atoms with Gasteiger partial charge in [-0.05, 0) is 36.8 Å². The topological polar surface area (TPSA) is 58.6 Å². The highest BCUT2D eigenvalue weighted by atomic mass is 32.2. The molecule has 170 valence electrons. The summed E-state index contributed by atoms with van der Waals surface area (Å²) in [6.45, 7) is 0.673. The summed E-state index contributed by atoms with van der Waals surface area (Å²) in [6.07, 6.45) is 0.744. The van der Waals surface area contributed by atoms with E-state index in [0.29, 0.717) is 23.7 Å². The summed E-state index contributed by atoms with van der Waals surface area (Å²) in [4.78, 5) is 25.1. The van der Waals surface area contributed by atoms with Crippen LogP contribution in [0.25, 0.3) is 11.4 Å². The first kappa shape index (κ1) is 21.6. The predicted octanol–water partition coefficient (Wildman–Crippen LogP) is 4.33. The number of likely N-dealkylation sites (N-methyl/N-ethyl adjacent to an activating group) is 1. The van der Waals surface area contributed by atoms with Crippen molar-refractivity contribution in [1.29, 1.82) is 0 Å². The summed E-state index contributed by atoms with van der Waals surface area (Å²) >= 11 is 1.75. The monoisotopic (exact) mass is 468 g/mol. The molecular formula is C24H22F2N4O2S. The molecule has 2 aliphatic rings. The highest BCUT2D eigenvalue weighted by molar-refractivity contribution is 7.98. The molecule has 33 heavy (non-hydrogen) atoms. The molecule has 1 aromatic heterocycles. The summed E-state index contributed by atoms with van der Waals surface area (Å²) in [6, 6.07) is 9.51.